The van der Waals surface area contributed by atoms with Gasteiger partial charge < -0.3 is 4.98 Å². The van der Waals surface area contributed by atoms with Gasteiger partial charge in [0.2, 0.25) is 0 Å². The fourth-order valence-corrected chi connectivity index (χ4v) is 6.50. The van der Waals surface area contributed by atoms with Crippen LogP contribution in [0.3, 0.4) is 0 Å². The monoisotopic (exact) mass is 405 g/mol. The predicted octanol–water partition coefficient (Wildman–Crippen LogP) is 8.50. The zero-order chi connectivity index (χ0) is 20.5. The average molecular weight is 406 g/mol. The van der Waals surface area contributed by atoms with E-state index in [1.165, 1.54) is 58.7 Å². The molecule has 0 spiro atoms. The third kappa shape index (κ3) is 2.34. The van der Waals surface area contributed by atoms with E-state index in [1.807, 2.05) is 11.3 Å². The van der Waals surface area contributed by atoms with Gasteiger partial charge in [0, 0.05) is 26.5 Å². The van der Waals surface area contributed by atoms with Crippen LogP contribution in [0, 0.1) is 0 Å². The minimum absolute atomic E-state index is 0.0373. The molecule has 3 aromatic carbocycles. The van der Waals surface area contributed by atoms with Gasteiger partial charge in [-0.2, -0.15) is 0 Å². The molecule has 2 heterocycles. The van der Waals surface area contributed by atoms with Crippen molar-refractivity contribution in [2.45, 2.75) is 26.2 Å². The molecular weight excluding hydrogens is 382 g/mol. The average Bonchev–Trinajstić information content (AvgIpc) is 3.38. The summed E-state index contributed by atoms with van der Waals surface area (Å²) in [5, 5.41) is 6.58. The lowest BCUT2D eigenvalue weighted by Crippen LogP contribution is -2.09. The number of rotatable bonds is 2. The molecule has 0 atom stereocenters. The minimum Gasteiger partial charge on any atom is -0.353 e. The highest BCUT2D eigenvalue weighted by atomic mass is 32.1. The standard InChI is InChI=1S/C28H23NS/c1-4-5-6-10-18-16-28(2,3)23-22-15-14-21-20-13-12-17-9-7-8-11-19(17)24(20)29-25(21)27(22)30-26(18)23/h4-16,29H,1-3H3/b5-4-,10-6-. The summed E-state index contributed by atoms with van der Waals surface area (Å²) in [6.45, 7) is 6.72. The van der Waals surface area contributed by atoms with E-state index in [4.69, 9.17) is 0 Å². The number of hydrogen-bond acceptors (Lipinski definition) is 1. The second kappa shape index (κ2) is 6.20. The smallest absolute Gasteiger partial charge is 0.0646 e. The number of fused-ring (bicyclic) bond motifs is 9. The van der Waals surface area contributed by atoms with Crippen molar-refractivity contribution in [3.63, 3.8) is 0 Å². The number of nitrogens with one attached hydrogen (secondary N) is 1. The lowest BCUT2D eigenvalue weighted by molar-refractivity contribution is 0.691. The van der Waals surface area contributed by atoms with Crippen molar-refractivity contribution in [1.29, 1.82) is 0 Å². The summed E-state index contributed by atoms with van der Waals surface area (Å²) in [4.78, 5) is 5.22. The Morgan fingerprint density at radius 3 is 2.47 bits per heavy atom. The molecule has 0 fully saturated rings. The van der Waals surface area contributed by atoms with Crippen molar-refractivity contribution < 1.29 is 0 Å². The van der Waals surface area contributed by atoms with Gasteiger partial charge in [0.1, 0.15) is 0 Å². The van der Waals surface area contributed by atoms with Crippen LogP contribution in [0.4, 0.5) is 0 Å². The SMILES string of the molecule is C/C=C\C=C/C1=CC(C)(C)c2c1sc1c2ccc2c3ccc4ccccc4c3[nH]c21. The molecule has 5 aromatic rings. The van der Waals surface area contributed by atoms with Gasteiger partial charge in [-0.1, -0.05) is 92.8 Å². The molecule has 0 saturated heterocycles. The first-order valence-corrected chi connectivity index (χ1v) is 11.3. The molecule has 0 radical (unpaired) electrons. The minimum atomic E-state index is 0.0373. The Labute approximate surface area is 180 Å². The van der Waals surface area contributed by atoms with Crippen molar-refractivity contribution in [2.75, 3.05) is 0 Å². The number of thiophene rings is 1. The summed E-state index contributed by atoms with van der Waals surface area (Å²) in [5.74, 6) is 0. The molecule has 6 rings (SSSR count). The lowest BCUT2D eigenvalue weighted by atomic mass is 9.86. The van der Waals surface area contributed by atoms with Gasteiger partial charge in [-0.3, -0.25) is 0 Å². The van der Waals surface area contributed by atoms with Gasteiger partial charge in [0.25, 0.3) is 0 Å². The Kier molecular flexibility index (Phi) is 3.66. The molecule has 146 valence electrons. The Morgan fingerprint density at radius 1 is 0.833 bits per heavy atom. The summed E-state index contributed by atoms with van der Waals surface area (Å²) in [5.41, 5.74) is 5.35. The Morgan fingerprint density at radius 2 is 1.60 bits per heavy atom. The molecule has 1 N–H and O–H groups in total. The van der Waals surface area contributed by atoms with Crippen molar-refractivity contribution in [3.8, 4) is 0 Å². The number of aromatic nitrogens is 1. The Hall–Kier alpha value is -3.10. The zero-order valence-corrected chi connectivity index (χ0v) is 18.2. The molecule has 0 aliphatic heterocycles. The summed E-state index contributed by atoms with van der Waals surface area (Å²) in [7, 11) is 0. The summed E-state index contributed by atoms with van der Waals surface area (Å²) in [6, 6.07) is 17.8. The van der Waals surface area contributed by atoms with Crippen LogP contribution in [-0.4, -0.2) is 4.98 Å². The maximum Gasteiger partial charge on any atom is 0.0646 e. The predicted molar refractivity (Wildman–Crippen MR) is 134 cm³/mol. The van der Waals surface area contributed by atoms with Gasteiger partial charge in [-0.05, 0) is 28.8 Å². The molecule has 0 bridgehead atoms. The van der Waals surface area contributed by atoms with Gasteiger partial charge in [0.05, 0.1) is 15.7 Å². The van der Waals surface area contributed by atoms with Gasteiger partial charge in [-0.25, -0.2) is 0 Å². The maximum atomic E-state index is 3.81. The summed E-state index contributed by atoms with van der Waals surface area (Å²) >= 11 is 1.93. The first-order valence-electron chi connectivity index (χ1n) is 10.5. The van der Waals surface area contributed by atoms with E-state index >= 15 is 0 Å². The van der Waals surface area contributed by atoms with E-state index in [9.17, 15) is 0 Å². The molecule has 2 heteroatoms. The second-order valence-corrected chi connectivity index (χ2v) is 9.73. The van der Waals surface area contributed by atoms with Crippen molar-refractivity contribution >= 4 is 59.6 Å². The number of hydrogen-bond donors (Lipinski definition) is 1. The maximum absolute atomic E-state index is 3.81. The third-order valence-corrected chi connectivity index (χ3v) is 7.60. The molecule has 30 heavy (non-hydrogen) atoms. The topological polar surface area (TPSA) is 15.8 Å². The largest absolute Gasteiger partial charge is 0.353 e. The molecular formula is C28H23NS. The van der Waals surface area contributed by atoms with Crippen LogP contribution in [0.15, 0.2) is 78.9 Å². The lowest BCUT2D eigenvalue weighted by Gasteiger charge is -2.16. The van der Waals surface area contributed by atoms with E-state index < -0.39 is 0 Å². The Balaban J connectivity index is 1.68. The van der Waals surface area contributed by atoms with Gasteiger partial charge >= 0.3 is 0 Å². The fourth-order valence-electron chi connectivity index (χ4n) is 5.03. The summed E-state index contributed by atoms with van der Waals surface area (Å²) < 4.78 is 1.37. The van der Waals surface area contributed by atoms with Gasteiger partial charge in [-0.15, -0.1) is 11.3 Å². The number of benzene rings is 3. The highest BCUT2D eigenvalue weighted by Gasteiger charge is 2.33. The van der Waals surface area contributed by atoms with Crippen LogP contribution < -0.4 is 0 Å². The fraction of sp³-hybridized carbons (Fsp3) is 0.143. The van der Waals surface area contributed by atoms with Crippen molar-refractivity contribution in [1.82, 2.24) is 4.98 Å². The first-order chi connectivity index (χ1) is 14.6. The normalized spacial score (nSPS) is 16.0. The van der Waals surface area contributed by atoms with E-state index in [1.54, 1.807) is 0 Å². The van der Waals surface area contributed by atoms with Crippen LogP contribution in [0.25, 0.3) is 48.2 Å². The number of allylic oxidation sites excluding steroid dienone is 6. The second-order valence-electron chi connectivity index (χ2n) is 8.71. The van der Waals surface area contributed by atoms with Crippen LogP contribution in [0.2, 0.25) is 0 Å². The number of H-pyrrole nitrogens is 1. The van der Waals surface area contributed by atoms with Crippen LogP contribution in [0.1, 0.15) is 31.2 Å². The van der Waals surface area contributed by atoms with Gasteiger partial charge in [0.15, 0.2) is 0 Å². The summed E-state index contributed by atoms with van der Waals surface area (Å²) in [6.07, 6.45) is 11.0. The van der Waals surface area contributed by atoms with Crippen LogP contribution in [-0.2, 0) is 5.41 Å². The molecule has 2 aromatic heterocycles. The molecule has 1 aliphatic carbocycles. The third-order valence-electron chi connectivity index (χ3n) is 6.33. The van der Waals surface area contributed by atoms with Crippen LogP contribution >= 0.6 is 11.3 Å². The molecule has 0 unspecified atom stereocenters. The van der Waals surface area contributed by atoms with E-state index in [-0.39, 0.29) is 5.41 Å². The molecule has 0 saturated carbocycles. The quantitative estimate of drug-likeness (QED) is 0.283. The van der Waals surface area contributed by atoms with Crippen LogP contribution in [0.5, 0.6) is 0 Å². The number of aromatic amines is 1. The zero-order valence-electron chi connectivity index (χ0n) is 17.4. The van der Waals surface area contributed by atoms with E-state index in [0.29, 0.717) is 0 Å². The van der Waals surface area contributed by atoms with E-state index in [0.717, 1.165) is 0 Å². The highest BCUT2D eigenvalue weighted by molar-refractivity contribution is 7.21. The van der Waals surface area contributed by atoms with E-state index in [2.05, 4.69) is 105 Å². The first kappa shape index (κ1) is 17.7. The van der Waals surface area contributed by atoms with Crippen molar-refractivity contribution in [2.24, 2.45) is 0 Å². The molecule has 1 nitrogen and oxygen atoms in total. The molecule has 1 aliphatic rings. The molecule has 0 amide bonds. The highest BCUT2D eigenvalue weighted by Crippen LogP contribution is 2.51. The Bertz CT molecular complexity index is 1570. The van der Waals surface area contributed by atoms with Crippen molar-refractivity contribution in [3.05, 3.63) is 89.4 Å².